The number of carbonyl (C=O) groups excluding carboxylic acids is 1. The first-order chi connectivity index (χ1) is 10.5. The number of alkyl halides is 1. The van der Waals surface area contributed by atoms with E-state index in [4.69, 9.17) is 5.11 Å². The molecule has 22 heavy (non-hydrogen) atoms. The van der Waals surface area contributed by atoms with Crippen molar-refractivity contribution in [3.05, 3.63) is 29.8 Å². The minimum atomic E-state index is -1.23. The Balaban J connectivity index is 1.99. The van der Waals surface area contributed by atoms with E-state index in [0.29, 0.717) is 17.3 Å². The summed E-state index contributed by atoms with van der Waals surface area (Å²) in [4.78, 5) is 27.4. The van der Waals surface area contributed by atoms with Crippen LogP contribution in [-0.2, 0) is 6.54 Å². The fourth-order valence-electron chi connectivity index (χ4n) is 2.88. The number of carbonyl (C=O) groups is 2. The van der Waals surface area contributed by atoms with E-state index in [-0.39, 0.29) is 25.3 Å². The molecule has 0 aliphatic carbocycles. The Bertz CT molecular complexity index is 746. The van der Waals surface area contributed by atoms with Crippen molar-refractivity contribution in [3.8, 4) is 0 Å². The predicted molar refractivity (Wildman–Crippen MR) is 73.1 cm³/mol. The lowest BCUT2D eigenvalue weighted by molar-refractivity contribution is 0.110. The molecule has 0 bridgehead atoms. The van der Waals surface area contributed by atoms with E-state index in [1.807, 2.05) is 0 Å². The monoisotopic (exact) mass is 309 g/mol. The molecule has 3 rings (SSSR count). The first-order valence-corrected chi connectivity index (χ1v) is 6.74. The number of nitrogens with zero attached hydrogens (tertiary/aromatic N) is 3. The average molecular weight is 309 g/mol. The molecule has 1 fully saturated rings. The standard InChI is InChI=1S/C14H13F2N3O3/c15-8-1-2-12-11(4-8)17-13(7-20)19(12)6-10-3-9(16)5-18(10)14(21)22/h1-2,4,7,9-10H,3,5-6H2,(H,21,22). The third kappa shape index (κ3) is 2.40. The molecule has 1 saturated heterocycles. The van der Waals surface area contributed by atoms with Crippen molar-refractivity contribution < 1.29 is 23.5 Å². The van der Waals surface area contributed by atoms with Crippen LogP contribution >= 0.6 is 0 Å². The smallest absolute Gasteiger partial charge is 0.407 e. The van der Waals surface area contributed by atoms with Crippen molar-refractivity contribution in [1.29, 1.82) is 0 Å². The lowest BCUT2D eigenvalue weighted by atomic mass is 10.2. The van der Waals surface area contributed by atoms with E-state index >= 15 is 0 Å². The zero-order valence-corrected chi connectivity index (χ0v) is 11.4. The van der Waals surface area contributed by atoms with E-state index < -0.39 is 24.1 Å². The van der Waals surface area contributed by atoms with Gasteiger partial charge in [-0.1, -0.05) is 0 Å². The molecule has 0 radical (unpaired) electrons. The number of aldehydes is 1. The molecule has 1 N–H and O–H groups in total. The number of rotatable bonds is 3. The van der Waals surface area contributed by atoms with E-state index in [9.17, 15) is 18.4 Å². The van der Waals surface area contributed by atoms with Crippen LogP contribution in [0.1, 0.15) is 17.0 Å². The zero-order chi connectivity index (χ0) is 15.9. The molecule has 2 heterocycles. The highest BCUT2D eigenvalue weighted by Gasteiger charge is 2.36. The van der Waals surface area contributed by atoms with Gasteiger partial charge in [0.15, 0.2) is 12.1 Å². The first-order valence-electron chi connectivity index (χ1n) is 6.74. The Hall–Kier alpha value is -2.51. The van der Waals surface area contributed by atoms with E-state index in [1.54, 1.807) is 0 Å². The summed E-state index contributed by atoms with van der Waals surface area (Å²) in [5.74, 6) is -0.417. The molecule has 1 aliphatic rings. The fraction of sp³-hybridized carbons (Fsp3) is 0.357. The Kier molecular flexibility index (Phi) is 3.51. The van der Waals surface area contributed by atoms with Gasteiger partial charge in [-0.2, -0.15) is 0 Å². The molecule has 2 unspecified atom stereocenters. The normalized spacial score (nSPS) is 21.5. The number of hydrogen-bond acceptors (Lipinski definition) is 3. The van der Waals surface area contributed by atoms with Crippen LogP contribution in [0, 0.1) is 5.82 Å². The summed E-state index contributed by atoms with van der Waals surface area (Å²) in [6.07, 6.45) is -1.85. The molecule has 2 atom stereocenters. The van der Waals surface area contributed by atoms with Crippen LogP contribution in [0.4, 0.5) is 13.6 Å². The van der Waals surface area contributed by atoms with E-state index in [1.165, 1.54) is 22.8 Å². The Morgan fingerprint density at radius 1 is 1.50 bits per heavy atom. The summed E-state index contributed by atoms with van der Waals surface area (Å²) in [5, 5.41) is 9.12. The Morgan fingerprint density at radius 2 is 2.27 bits per heavy atom. The summed E-state index contributed by atoms with van der Waals surface area (Å²) < 4.78 is 28.2. The van der Waals surface area contributed by atoms with Crippen LogP contribution in [0.15, 0.2) is 18.2 Å². The Labute approximate surface area is 124 Å². The second-order valence-electron chi connectivity index (χ2n) is 5.25. The minimum absolute atomic E-state index is 0.0610. The maximum Gasteiger partial charge on any atom is 0.407 e. The van der Waals surface area contributed by atoms with Crippen LogP contribution in [0.2, 0.25) is 0 Å². The van der Waals surface area contributed by atoms with Crippen molar-refractivity contribution >= 4 is 23.4 Å². The van der Waals surface area contributed by atoms with Gasteiger partial charge < -0.3 is 14.6 Å². The minimum Gasteiger partial charge on any atom is -0.465 e. The molecule has 6 nitrogen and oxygen atoms in total. The van der Waals surface area contributed by atoms with Crippen molar-refractivity contribution in [3.63, 3.8) is 0 Å². The van der Waals surface area contributed by atoms with Gasteiger partial charge in [0.2, 0.25) is 0 Å². The summed E-state index contributed by atoms with van der Waals surface area (Å²) in [5.41, 5.74) is 0.815. The second-order valence-corrected chi connectivity index (χ2v) is 5.25. The fourth-order valence-corrected chi connectivity index (χ4v) is 2.88. The quantitative estimate of drug-likeness (QED) is 0.881. The molecular formula is C14H13F2N3O3. The number of halogens is 2. The van der Waals surface area contributed by atoms with Gasteiger partial charge in [0.05, 0.1) is 23.6 Å². The summed E-state index contributed by atoms with van der Waals surface area (Å²) in [6, 6.07) is 3.31. The molecule has 8 heteroatoms. The number of carboxylic acid groups (broad SMARTS) is 1. The number of likely N-dealkylation sites (tertiary alicyclic amines) is 1. The van der Waals surface area contributed by atoms with Crippen molar-refractivity contribution in [1.82, 2.24) is 14.5 Å². The molecule has 0 saturated carbocycles. The Morgan fingerprint density at radius 3 is 2.95 bits per heavy atom. The van der Waals surface area contributed by atoms with Gasteiger partial charge in [-0.25, -0.2) is 18.6 Å². The number of hydrogen-bond donors (Lipinski definition) is 1. The topological polar surface area (TPSA) is 75.4 Å². The number of aromatic nitrogens is 2. The lowest BCUT2D eigenvalue weighted by Crippen LogP contribution is -2.37. The predicted octanol–water partition coefficient (Wildman–Crippen LogP) is 2.08. The molecule has 1 aromatic carbocycles. The van der Waals surface area contributed by atoms with E-state index in [2.05, 4.69) is 4.98 Å². The highest BCUT2D eigenvalue weighted by atomic mass is 19.1. The van der Waals surface area contributed by atoms with Crippen molar-refractivity contribution in [2.24, 2.45) is 0 Å². The molecule has 1 aliphatic heterocycles. The third-order valence-corrected chi connectivity index (χ3v) is 3.85. The van der Waals surface area contributed by atoms with Crippen LogP contribution in [0.25, 0.3) is 11.0 Å². The van der Waals surface area contributed by atoms with Crippen LogP contribution in [0.3, 0.4) is 0 Å². The summed E-state index contributed by atoms with van der Waals surface area (Å²) in [6.45, 7) is -0.0827. The van der Waals surface area contributed by atoms with Gasteiger partial charge in [-0.15, -0.1) is 0 Å². The molecule has 1 aromatic heterocycles. The molecule has 0 spiro atoms. The first kappa shape index (κ1) is 14.4. The van der Waals surface area contributed by atoms with Gasteiger partial charge >= 0.3 is 6.09 Å². The number of imidazole rings is 1. The maximum atomic E-state index is 13.5. The van der Waals surface area contributed by atoms with Gasteiger partial charge in [0, 0.05) is 19.0 Å². The highest BCUT2D eigenvalue weighted by Crippen LogP contribution is 2.25. The number of benzene rings is 1. The van der Waals surface area contributed by atoms with Crippen LogP contribution in [-0.4, -0.2) is 50.7 Å². The molecule has 116 valence electrons. The van der Waals surface area contributed by atoms with Gasteiger partial charge in [0.1, 0.15) is 12.0 Å². The zero-order valence-electron chi connectivity index (χ0n) is 11.4. The van der Waals surface area contributed by atoms with Gasteiger partial charge in [-0.3, -0.25) is 4.79 Å². The molecule has 1 amide bonds. The number of amides is 1. The highest BCUT2D eigenvalue weighted by molar-refractivity contribution is 5.83. The van der Waals surface area contributed by atoms with Crippen LogP contribution < -0.4 is 0 Å². The largest absolute Gasteiger partial charge is 0.465 e. The van der Waals surface area contributed by atoms with E-state index in [0.717, 1.165) is 4.90 Å². The lowest BCUT2D eigenvalue weighted by Gasteiger charge is -2.22. The van der Waals surface area contributed by atoms with Gasteiger partial charge in [-0.05, 0) is 12.1 Å². The van der Waals surface area contributed by atoms with Crippen LogP contribution in [0.5, 0.6) is 0 Å². The SMILES string of the molecule is O=Cc1nc2cc(F)ccc2n1CC1CC(F)CN1C(=O)O. The maximum absolute atomic E-state index is 13.5. The van der Waals surface area contributed by atoms with Crippen molar-refractivity contribution in [2.45, 2.75) is 25.2 Å². The summed E-state index contributed by atoms with van der Waals surface area (Å²) in [7, 11) is 0. The third-order valence-electron chi connectivity index (χ3n) is 3.85. The molecule has 2 aromatic rings. The second kappa shape index (κ2) is 5.36. The molecular weight excluding hydrogens is 296 g/mol. The average Bonchev–Trinajstić information content (AvgIpc) is 3.00. The number of fused-ring (bicyclic) bond motifs is 1. The van der Waals surface area contributed by atoms with Crippen molar-refractivity contribution in [2.75, 3.05) is 6.54 Å². The summed E-state index contributed by atoms with van der Waals surface area (Å²) >= 11 is 0. The van der Waals surface area contributed by atoms with Gasteiger partial charge in [0.25, 0.3) is 0 Å².